The van der Waals surface area contributed by atoms with Crippen LogP contribution in [0.2, 0.25) is 0 Å². The molecule has 0 spiro atoms. The normalized spacial score (nSPS) is 26.1. The number of benzene rings is 1. The number of hydrogen-bond acceptors (Lipinski definition) is 4. The molecule has 1 saturated carbocycles. The molecule has 19 heavy (non-hydrogen) atoms. The Morgan fingerprint density at radius 2 is 2.11 bits per heavy atom. The summed E-state index contributed by atoms with van der Waals surface area (Å²) in [6.07, 6.45) is 3.86. The third kappa shape index (κ3) is 2.25. The van der Waals surface area contributed by atoms with Crippen molar-refractivity contribution >= 4 is 5.69 Å². The molecule has 3 rings (SSSR count). The first-order valence-electron chi connectivity index (χ1n) is 7.05. The van der Waals surface area contributed by atoms with Crippen LogP contribution in [-0.2, 0) is 0 Å². The first-order chi connectivity index (χ1) is 9.33. The molecule has 1 aliphatic heterocycles. The molecule has 0 aromatic heterocycles. The van der Waals surface area contributed by atoms with Gasteiger partial charge in [0.15, 0.2) is 0 Å². The molecular formula is C15H22N2O2. The van der Waals surface area contributed by atoms with Gasteiger partial charge in [0.25, 0.3) is 0 Å². The standard InChI is InChI=1S/C15H22N2O2/c1-18-11-6-7-15(19-2)14(10-11)17-9-8-16-12-4-3-5-13(12)17/h6-7,10,12-13,16H,3-5,8-9H2,1-2H3. The van der Waals surface area contributed by atoms with Crippen LogP contribution in [0.25, 0.3) is 0 Å². The summed E-state index contributed by atoms with van der Waals surface area (Å²) < 4.78 is 10.9. The number of rotatable bonds is 3. The number of hydrogen-bond donors (Lipinski definition) is 1. The van der Waals surface area contributed by atoms with Crippen LogP contribution in [0.5, 0.6) is 11.5 Å². The van der Waals surface area contributed by atoms with Gasteiger partial charge in [0, 0.05) is 31.2 Å². The average molecular weight is 262 g/mol. The van der Waals surface area contributed by atoms with E-state index in [1.165, 1.54) is 24.9 Å². The van der Waals surface area contributed by atoms with Gasteiger partial charge in [0.2, 0.25) is 0 Å². The van der Waals surface area contributed by atoms with E-state index in [0.717, 1.165) is 24.6 Å². The van der Waals surface area contributed by atoms with Gasteiger partial charge in [0.1, 0.15) is 11.5 Å². The minimum atomic E-state index is 0.592. The second-order valence-corrected chi connectivity index (χ2v) is 5.29. The van der Waals surface area contributed by atoms with E-state index in [0.29, 0.717) is 12.1 Å². The number of ether oxygens (including phenoxy) is 2. The Hall–Kier alpha value is -1.42. The summed E-state index contributed by atoms with van der Waals surface area (Å²) in [7, 11) is 3.45. The number of nitrogens with one attached hydrogen (secondary N) is 1. The molecule has 104 valence electrons. The molecule has 2 unspecified atom stereocenters. The van der Waals surface area contributed by atoms with Crippen LogP contribution < -0.4 is 19.7 Å². The second-order valence-electron chi connectivity index (χ2n) is 5.29. The maximum atomic E-state index is 5.53. The maximum Gasteiger partial charge on any atom is 0.142 e. The lowest BCUT2D eigenvalue weighted by Gasteiger charge is -2.40. The Kier molecular flexibility index (Phi) is 3.51. The van der Waals surface area contributed by atoms with E-state index in [4.69, 9.17) is 9.47 Å². The van der Waals surface area contributed by atoms with Crippen LogP contribution in [0.4, 0.5) is 5.69 Å². The largest absolute Gasteiger partial charge is 0.497 e. The molecule has 1 aromatic rings. The van der Waals surface area contributed by atoms with Gasteiger partial charge in [-0.05, 0) is 31.4 Å². The van der Waals surface area contributed by atoms with Crippen molar-refractivity contribution in [3.8, 4) is 11.5 Å². The Morgan fingerprint density at radius 1 is 1.21 bits per heavy atom. The number of nitrogens with zero attached hydrogens (tertiary/aromatic N) is 1. The predicted octanol–water partition coefficient (Wildman–Crippen LogP) is 2.03. The van der Waals surface area contributed by atoms with Gasteiger partial charge in [-0.2, -0.15) is 0 Å². The van der Waals surface area contributed by atoms with Crippen molar-refractivity contribution < 1.29 is 9.47 Å². The summed E-state index contributed by atoms with van der Waals surface area (Å²) in [4.78, 5) is 2.50. The highest BCUT2D eigenvalue weighted by atomic mass is 16.5. The zero-order valence-electron chi connectivity index (χ0n) is 11.7. The highest BCUT2D eigenvalue weighted by Gasteiger charge is 2.36. The topological polar surface area (TPSA) is 33.7 Å². The van der Waals surface area contributed by atoms with E-state index in [2.05, 4.69) is 16.3 Å². The summed E-state index contributed by atoms with van der Waals surface area (Å²) >= 11 is 0. The van der Waals surface area contributed by atoms with Crippen LogP contribution >= 0.6 is 0 Å². The Labute approximate surface area is 114 Å². The molecule has 1 aromatic carbocycles. The minimum absolute atomic E-state index is 0.592. The van der Waals surface area contributed by atoms with Crippen molar-refractivity contribution in [1.29, 1.82) is 0 Å². The smallest absolute Gasteiger partial charge is 0.142 e. The van der Waals surface area contributed by atoms with Gasteiger partial charge in [-0.25, -0.2) is 0 Å². The van der Waals surface area contributed by atoms with Gasteiger partial charge < -0.3 is 19.7 Å². The molecule has 2 atom stereocenters. The van der Waals surface area contributed by atoms with E-state index in [1.807, 2.05) is 12.1 Å². The molecule has 1 saturated heterocycles. The van der Waals surface area contributed by atoms with Crippen molar-refractivity contribution in [2.24, 2.45) is 0 Å². The van der Waals surface area contributed by atoms with Gasteiger partial charge in [0.05, 0.1) is 19.9 Å². The zero-order chi connectivity index (χ0) is 13.2. The van der Waals surface area contributed by atoms with Gasteiger partial charge in [-0.1, -0.05) is 0 Å². The molecule has 0 amide bonds. The van der Waals surface area contributed by atoms with E-state index >= 15 is 0 Å². The van der Waals surface area contributed by atoms with E-state index in [-0.39, 0.29) is 0 Å². The SMILES string of the molecule is COc1ccc(OC)c(N2CCNC3CCCC32)c1. The number of anilines is 1. The predicted molar refractivity (Wildman–Crippen MR) is 76.3 cm³/mol. The lowest BCUT2D eigenvalue weighted by molar-refractivity contribution is 0.382. The fourth-order valence-electron chi connectivity index (χ4n) is 3.41. The highest BCUT2D eigenvalue weighted by Crippen LogP contribution is 2.37. The first-order valence-corrected chi connectivity index (χ1v) is 7.05. The molecule has 2 aliphatic rings. The quantitative estimate of drug-likeness (QED) is 0.904. The van der Waals surface area contributed by atoms with Crippen molar-refractivity contribution in [2.75, 3.05) is 32.2 Å². The van der Waals surface area contributed by atoms with Crippen molar-refractivity contribution in [3.63, 3.8) is 0 Å². The monoisotopic (exact) mass is 262 g/mol. The minimum Gasteiger partial charge on any atom is -0.497 e. The summed E-state index contributed by atoms with van der Waals surface area (Å²) in [6, 6.07) is 7.27. The summed E-state index contributed by atoms with van der Waals surface area (Å²) in [5.41, 5.74) is 1.17. The van der Waals surface area contributed by atoms with Crippen LogP contribution in [0.3, 0.4) is 0 Å². The lowest BCUT2D eigenvalue weighted by Crippen LogP contribution is -2.55. The first kappa shape index (κ1) is 12.6. The summed E-state index contributed by atoms with van der Waals surface area (Å²) in [6.45, 7) is 2.08. The van der Waals surface area contributed by atoms with Crippen LogP contribution in [0.1, 0.15) is 19.3 Å². The maximum absolute atomic E-state index is 5.53. The third-order valence-electron chi connectivity index (χ3n) is 4.33. The Balaban J connectivity index is 1.95. The lowest BCUT2D eigenvalue weighted by atomic mass is 10.1. The average Bonchev–Trinajstić information content (AvgIpc) is 2.94. The Morgan fingerprint density at radius 3 is 2.89 bits per heavy atom. The molecule has 1 N–H and O–H groups in total. The Bertz CT molecular complexity index is 450. The van der Waals surface area contributed by atoms with Gasteiger partial charge >= 0.3 is 0 Å². The fraction of sp³-hybridized carbons (Fsp3) is 0.600. The van der Waals surface area contributed by atoms with E-state index in [1.54, 1.807) is 14.2 Å². The van der Waals surface area contributed by atoms with Crippen molar-refractivity contribution in [2.45, 2.75) is 31.3 Å². The molecule has 4 nitrogen and oxygen atoms in total. The second kappa shape index (κ2) is 5.29. The fourth-order valence-corrected chi connectivity index (χ4v) is 3.41. The molecule has 1 aliphatic carbocycles. The molecular weight excluding hydrogens is 240 g/mol. The van der Waals surface area contributed by atoms with Gasteiger partial charge in [-0.3, -0.25) is 0 Å². The number of fused-ring (bicyclic) bond motifs is 1. The van der Waals surface area contributed by atoms with Crippen molar-refractivity contribution in [3.05, 3.63) is 18.2 Å². The summed E-state index contributed by atoms with van der Waals surface area (Å²) in [5.74, 6) is 1.83. The zero-order valence-corrected chi connectivity index (χ0v) is 11.7. The number of piperazine rings is 1. The van der Waals surface area contributed by atoms with Crippen molar-refractivity contribution in [1.82, 2.24) is 5.32 Å². The highest BCUT2D eigenvalue weighted by molar-refractivity contribution is 5.63. The van der Waals surface area contributed by atoms with E-state index in [9.17, 15) is 0 Å². The molecule has 4 heteroatoms. The van der Waals surface area contributed by atoms with Gasteiger partial charge in [-0.15, -0.1) is 0 Å². The van der Waals surface area contributed by atoms with Crippen LogP contribution in [-0.4, -0.2) is 39.4 Å². The molecule has 0 bridgehead atoms. The third-order valence-corrected chi connectivity index (χ3v) is 4.33. The van der Waals surface area contributed by atoms with Crippen LogP contribution in [0, 0.1) is 0 Å². The summed E-state index contributed by atoms with van der Waals surface area (Å²) in [5, 5.41) is 3.63. The molecule has 0 radical (unpaired) electrons. The van der Waals surface area contributed by atoms with Crippen LogP contribution in [0.15, 0.2) is 18.2 Å². The molecule has 1 heterocycles. The van der Waals surface area contributed by atoms with E-state index < -0.39 is 0 Å². The number of methoxy groups -OCH3 is 2. The molecule has 2 fully saturated rings.